The standard InChI is InChI=1S/C17H14O3/c18-17-16(10-11-19-17)20-12-14-8-4-5-9-15(14)13-6-2-1-3-7-13/h1-11,16H,12H2. The van der Waals surface area contributed by atoms with Crippen LogP contribution < -0.4 is 0 Å². The number of esters is 1. The van der Waals surface area contributed by atoms with Crippen molar-refractivity contribution in [2.24, 2.45) is 0 Å². The fourth-order valence-electron chi connectivity index (χ4n) is 2.17. The molecule has 0 amide bonds. The van der Waals surface area contributed by atoms with Gasteiger partial charge < -0.3 is 9.47 Å². The summed E-state index contributed by atoms with van der Waals surface area (Å²) in [5.41, 5.74) is 3.30. The van der Waals surface area contributed by atoms with Crippen molar-refractivity contribution >= 4 is 5.97 Å². The molecule has 0 bridgehead atoms. The minimum absolute atomic E-state index is 0.359. The van der Waals surface area contributed by atoms with Gasteiger partial charge in [-0.15, -0.1) is 0 Å². The minimum atomic E-state index is -0.598. The molecule has 1 unspecified atom stereocenters. The molecular weight excluding hydrogens is 252 g/mol. The van der Waals surface area contributed by atoms with Gasteiger partial charge in [0.25, 0.3) is 0 Å². The van der Waals surface area contributed by atoms with Crippen LogP contribution in [0.2, 0.25) is 0 Å². The first kappa shape index (κ1) is 12.6. The van der Waals surface area contributed by atoms with Gasteiger partial charge in [0.1, 0.15) is 0 Å². The summed E-state index contributed by atoms with van der Waals surface area (Å²) in [4.78, 5) is 11.3. The lowest BCUT2D eigenvalue weighted by Gasteiger charge is -2.12. The molecule has 0 saturated heterocycles. The van der Waals surface area contributed by atoms with Gasteiger partial charge in [0, 0.05) is 0 Å². The maximum absolute atomic E-state index is 11.3. The van der Waals surface area contributed by atoms with Gasteiger partial charge in [-0.05, 0) is 22.8 Å². The number of hydrogen-bond donors (Lipinski definition) is 0. The van der Waals surface area contributed by atoms with Crippen molar-refractivity contribution in [1.82, 2.24) is 0 Å². The molecule has 100 valence electrons. The molecule has 3 rings (SSSR count). The molecule has 0 spiro atoms. The zero-order valence-corrected chi connectivity index (χ0v) is 10.9. The van der Waals surface area contributed by atoms with E-state index in [1.807, 2.05) is 36.4 Å². The predicted octanol–water partition coefficient (Wildman–Crippen LogP) is 3.31. The number of hydrogen-bond acceptors (Lipinski definition) is 3. The van der Waals surface area contributed by atoms with Gasteiger partial charge in [-0.3, -0.25) is 0 Å². The Labute approximate surface area is 117 Å². The van der Waals surface area contributed by atoms with Crippen LogP contribution in [0.25, 0.3) is 11.1 Å². The normalized spacial score (nSPS) is 17.2. The fraction of sp³-hybridized carbons (Fsp3) is 0.118. The van der Waals surface area contributed by atoms with Crippen molar-refractivity contribution in [3.8, 4) is 11.1 Å². The van der Waals surface area contributed by atoms with Crippen molar-refractivity contribution < 1.29 is 14.3 Å². The van der Waals surface area contributed by atoms with E-state index < -0.39 is 6.10 Å². The molecule has 0 aliphatic carbocycles. The second-order valence-corrected chi connectivity index (χ2v) is 4.52. The molecule has 1 aliphatic heterocycles. The number of benzene rings is 2. The Kier molecular flexibility index (Phi) is 3.61. The maximum atomic E-state index is 11.3. The molecule has 0 N–H and O–H groups in total. The van der Waals surface area contributed by atoms with Gasteiger partial charge in [0.15, 0.2) is 6.10 Å². The van der Waals surface area contributed by atoms with Crippen LogP contribution in [0.5, 0.6) is 0 Å². The molecule has 0 radical (unpaired) electrons. The van der Waals surface area contributed by atoms with Gasteiger partial charge in [0.05, 0.1) is 12.9 Å². The molecule has 1 atom stereocenters. The van der Waals surface area contributed by atoms with Crippen LogP contribution in [0.3, 0.4) is 0 Å². The van der Waals surface area contributed by atoms with E-state index >= 15 is 0 Å². The smallest absolute Gasteiger partial charge is 0.344 e. The summed E-state index contributed by atoms with van der Waals surface area (Å²) in [5.74, 6) is -0.359. The first-order valence-electron chi connectivity index (χ1n) is 6.47. The van der Waals surface area contributed by atoms with Crippen molar-refractivity contribution in [2.45, 2.75) is 12.7 Å². The Bertz CT molecular complexity index is 632. The van der Waals surface area contributed by atoms with Gasteiger partial charge in [0.2, 0.25) is 0 Å². The Hall–Kier alpha value is -2.39. The third-order valence-corrected chi connectivity index (χ3v) is 3.19. The molecule has 2 aromatic carbocycles. The topological polar surface area (TPSA) is 35.5 Å². The number of carbonyl (C=O) groups is 1. The van der Waals surface area contributed by atoms with Crippen LogP contribution in [0.15, 0.2) is 66.9 Å². The van der Waals surface area contributed by atoms with E-state index in [2.05, 4.69) is 18.2 Å². The molecule has 2 aromatic rings. The Morgan fingerprint density at radius 2 is 1.75 bits per heavy atom. The Balaban J connectivity index is 1.80. The molecule has 20 heavy (non-hydrogen) atoms. The Morgan fingerprint density at radius 3 is 2.50 bits per heavy atom. The van der Waals surface area contributed by atoms with E-state index in [0.717, 1.165) is 16.7 Å². The third kappa shape index (κ3) is 2.63. The maximum Gasteiger partial charge on any atom is 0.344 e. The summed E-state index contributed by atoms with van der Waals surface area (Å²) < 4.78 is 10.3. The molecule has 0 saturated carbocycles. The zero-order chi connectivity index (χ0) is 13.8. The lowest BCUT2D eigenvalue weighted by Crippen LogP contribution is -2.18. The van der Waals surface area contributed by atoms with Crippen LogP contribution in [0.4, 0.5) is 0 Å². The number of ether oxygens (including phenoxy) is 2. The van der Waals surface area contributed by atoms with Crippen LogP contribution in [-0.4, -0.2) is 12.1 Å². The summed E-state index contributed by atoms with van der Waals surface area (Å²) in [6.07, 6.45) is 2.39. The van der Waals surface area contributed by atoms with Crippen LogP contribution in [0.1, 0.15) is 5.56 Å². The molecule has 3 nitrogen and oxygen atoms in total. The first-order chi connectivity index (χ1) is 9.84. The highest BCUT2D eigenvalue weighted by molar-refractivity contribution is 5.79. The summed E-state index contributed by atoms with van der Waals surface area (Å²) in [5, 5.41) is 0. The second-order valence-electron chi connectivity index (χ2n) is 4.52. The van der Waals surface area contributed by atoms with Gasteiger partial charge >= 0.3 is 5.97 Å². The molecule has 0 fully saturated rings. The van der Waals surface area contributed by atoms with Crippen molar-refractivity contribution in [3.05, 3.63) is 72.5 Å². The zero-order valence-electron chi connectivity index (χ0n) is 10.9. The van der Waals surface area contributed by atoms with E-state index in [4.69, 9.17) is 9.47 Å². The van der Waals surface area contributed by atoms with Crippen LogP contribution in [-0.2, 0) is 20.9 Å². The molecular formula is C17H14O3. The number of rotatable bonds is 4. The SMILES string of the molecule is O=C1OC=CC1OCc1ccccc1-c1ccccc1. The van der Waals surface area contributed by atoms with E-state index in [1.165, 1.54) is 6.26 Å². The van der Waals surface area contributed by atoms with Gasteiger partial charge in [-0.2, -0.15) is 0 Å². The average molecular weight is 266 g/mol. The van der Waals surface area contributed by atoms with Crippen molar-refractivity contribution in [3.63, 3.8) is 0 Å². The highest BCUT2D eigenvalue weighted by Crippen LogP contribution is 2.24. The predicted molar refractivity (Wildman–Crippen MR) is 75.7 cm³/mol. The van der Waals surface area contributed by atoms with E-state index in [0.29, 0.717) is 6.61 Å². The summed E-state index contributed by atoms with van der Waals surface area (Å²) in [6.45, 7) is 0.370. The average Bonchev–Trinajstić information content (AvgIpc) is 2.92. The van der Waals surface area contributed by atoms with E-state index in [9.17, 15) is 4.79 Å². The first-order valence-corrected chi connectivity index (χ1v) is 6.47. The highest BCUT2D eigenvalue weighted by atomic mass is 16.6. The van der Waals surface area contributed by atoms with E-state index in [-0.39, 0.29) is 5.97 Å². The largest absolute Gasteiger partial charge is 0.433 e. The second kappa shape index (κ2) is 5.72. The monoisotopic (exact) mass is 266 g/mol. The van der Waals surface area contributed by atoms with E-state index in [1.54, 1.807) is 6.08 Å². The number of cyclic esters (lactones) is 1. The fourth-order valence-corrected chi connectivity index (χ4v) is 2.17. The summed E-state index contributed by atoms with van der Waals surface area (Å²) in [6, 6.07) is 18.1. The summed E-state index contributed by atoms with van der Waals surface area (Å²) >= 11 is 0. The van der Waals surface area contributed by atoms with Gasteiger partial charge in [-0.25, -0.2) is 4.79 Å². The lowest BCUT2D eigenvalue weighted by atomic mass is 10.0. The molecule has 1 aliphatic rings. The minimum Gasteiger partial charge on any atom is -0.433 e. The summed E-state index contributed by atoms with van der Waals surface area (Å²) in [7, 11) is 0. The Morgan fingerprint density at radius 1 is 1.00 bits per heavy atom. The van der Waals surface area contributed by atoms with Gasteiger partial charge in [-0.1, -0.05) is 54.6 Å². The van der Waals surface area contributed by atoms with Crippen molar-refractivity contribution in [1.29, 1.82) is 0 Å². The molecule has 1 heterocycles. The van der Waals surface area contributed by atoms with Crippen molar-refractivity contribution in [2.75, 3.05) is 0 Å². The number of carbonyl (C=O) groups excluding carboxylic acids is 1. The van der Waals surface area contributed by atoms with Crippen LogP contribution in [0, 0.1) is 0 Å². The quantitative estimate of drug-likeness (QED) is 0.796. The highest BCUT2D eigenvalue weighted by Gasteiger charge is 2.22. The molecule has 0 aromatic heterocycles. The third-order valence-electron chi connectivity index (χ3n) is 3.19. The molecule has 3 heteroatoms. The lowest BCUT2D eigenvalue weighted by molar-refractivity contribution is -0.145. The van der Waals surface area contributed by atoms with Crippen LogP contribution >= 0.6 is 0 Å².